The van der Waals surface area contributed by atoms with Crippen molar-refractivity contribution in [1.82, 2.24) is 4.98 Å². The summed E-state index contributed by atoms with van der Waals surface area (Å²) in [7, 11) is 0. The maximum atomic E-state index is 5.09. The fraction of sp³-hybridized carbons (Fsp3) is 0.0833. The van der Waals surface area contributed by atoms with E-state index < -0.39 is 0 Å². The molecule has 2 aromatic rings. The molecule has 2 rings (SSSR count). The van der Waals surface area contributed by atoms with Crippen LogP contribution in [0.5, 0.6) is 0 Å². The van der Waals surface area contributed by atoms with Gasteiger partial charge in [-0.05, 0) is 11.6 Å². The monoisotopic (exact) mass is 185 g/mol. The van der Waals surface area contributed by atoms with Gasteiger partial charge in [0.15, 0.2) is 5.89 Å². The first-order valence-electron chi connectivity index (χ1n) is 4.50. The molecule has 0 aliphatic rings. The van der Waals surface area contributed by atoms with E-state index in [4.69, 9.17) is 4.42 Å². The van der Waals surface area contributed by atoms with E-state index in [2.05, 4.69) is 4.98 Å². The van der Waals surface area contributed by atoms with Crippen LogP contribution < -0.4 is 0 Å². The molecule has 0 bridgehead atoms. The Hall–Kier alpha value is -1.83. The van der Waals surface area contributed by atoms with Crippen molar-refractivity contribution < 1.29 is 4.42 Å². The highest BCUT2D eigenvalue weighted by Gasteiger charge is 1.93. The molecule has 0 aliphatic carbocycles. The lowest BCUT2D eigenvalue weighted by Gasteiger charge is -1.88. The zero-order chi connectivity index (χ0) is 9.80. The molecule has 0 atom stereocenters. The number of rotatable bonds is 2. The zero-order valence-corrected chi connectivity index (χ0v) is 7.97. The van der Waals surface area contributed by atoms with E-state index in [0.29, 0.717) is 5.89 Å². The molecule has 0 radical (unpaired) electrons. The average molecular weight is 185 g/mol. The largest absolute Gasteiger partial charge is 0.449 e. The lowest BCUT2D eigenvalue weighted by Crippen LogP contribution is -1.72. The molecular weight excluding hydrogens is 174 g/mol. The second-order valence-corrected chi connectivity index (χ2v) is 3.04. The summed E-state index contributed by atoms with van der Waals surface area (Å²) >= 11 is 0. The van der Waals surface area contributed by atoms with Crippen molar-refractivity contribution in [1.29, 1.82) is 0 Å². The second-order valence-electron chi connectivity index (χ2n) is 3.04. The fourth-order valence-corrected chi connectivity index (χ4v) is 1.20. The molecule has 70 valence electrons. The van der Waals surface area contributed by atoms with Crippen LogP contribution in [0.4, 0.5) is 0 Å². The van der Waals surface area contributed by atoms with Crippen molar-refractivity contribution in [3.8, 4) is 0 Å². The maximum Gasteiger partial charge on any atom is 0.191 e. The van der Waals surface area contributed by atoms with Crippen molar-refractivity contribution in [3.63, 3.8) is 0 Å². The summed E-state index contributed by atoms with van der Waals surface area (Å²) in [5.41, 5.74) is 2.01. The highest BCUT2D eigenvalue weighted by molar-refractivity contribution is 5.67. The highest BCUT2D eigenvalue weighted by Crippen LogP contribution is 2.07. The van der Waals surface area contributed by atoms with E-state index >= 15 is 0 Å². The van der Waals surface area contributed by atoms with Crippen molar-refractivity contribution in [2.45, 2.75) is 6.92 Å². The molecule has 0 aliphatic heterocycles. The van der Waals surface area contributed by atoms with E-state index in [1.165, 1.54) is 0 Å². The lowest BCUT2D eigenvalue weighted by molar-refractivity contribution is 0.521. The smallest absolute Gasteiger partial charge is 0.191 e. The maximum absolute atomic E-state index is 5.09. The Balaban J connectivity index is 2.15. The molecule has 0 spiro atoms. The van der Waals surface area contributed by atoms with Crippen molar-refractivity contribution >= 4 is 12.2 Å². The summed E-state index contributed by atoms with van der Waals surface area (Å²) in [6, 6.07) is 10.1. The van der Waals surface area contributed by atoms with Crippen LogP contribution in [0.3, 0.4) is 0 Å². The lowest BCUT2D eigenvalue weighted by atomic mass is 10.2. The van der Waals surface area contributed by atoms with Gasteiger partial charge < -0.3 is 4.42 Å². The first kappa shape index (κ1) is 8.75. The SMILES string of the molecule is Cc1nc(C=Cc2ccccc2)co1. The van der Waals surface area contributed by atoms with Gasteiger partial charge in [0.1, 0.15) is 12.0 Å². The topological polar surface area (TPSA) is 26.0 Å². The number of hydrogen-bond acceptors (Lipinski definition) is 2. The normalized spacial score (nSPS) is 10.9. The minimum Gasteiger partial charge on any atom is -0.449 e. The van der Waals surface area contributed by atoms with Gasteiger partial charge in [0, 0.05) is 6.92 Å². The summed E-state index contributed by atoms with van der Waals surface area (Å²) in [5.74, 6) is 0.692. The minimum atomic E-state index is 0.692. The number of oxazole rings is 1. The van der Waals surface area contributed by atoms with Crippen LogP contribution in [-0.4, -0.2) is 4.98 Å². The molecule has 2 nitrogen and oxygen atoms in total. The molecule has 1 aromatic carbocycles. The molecule has 0 saturated carbocycles. The van der Waals surface area contributed by atoms with Gasteiger partial charge in [0.05, 0.1) is 0 Å². The van der Waals surface area contributed by atoms with Crippen LogP contribution >= 0.6 is 0 Å². The third-order valence-electron chi connectivity index (χ3n) is 1.88. The van der Waals surface area contributed by atoms with Crippen LogP contribution in [0.1, 0.15) is 17.1 Å². The molecule has 1 aromatic heterocycles. The van der Waals surface area contributed by atoms with Gasteiger partial charge >= 0.3 is 0 Å². The third-order valence-corrected chi connectivity index (χ3v) is 1.88. The third kappa shape index (κ3) is 2.10. The minimum absolute atomic E-state index is 0.692. The zero-order valence-electron chi connectivity index (χ0n) is 7.97. The first-order valence-corrected chi connectivity index (χ1v) is 4.50. The van der Waals surface area contributed by atoms with Crippen LogP contribution in [0.15, 0.2) is 41.0 Å². The van der Waals surface area contributed by atoms with Gasteiger partial charge in [0.2, 0.25) is 0 Å². The Morgan fingerprint density at radius 1 is 1.14 bits per heavy atom. The van der Waals surface area contributed by atoms with E-state index in [9.17, 15) is 0 Å². The van der Waals surface area contributed by atoms with Gasteiger partial charge in [-0.15, -0.1) is 0 Å². The number of nitrogens with zero attached hydrogens (tertiary/aromatic N) is 1. The second kappa shape index (κ2) is 3.92. The van der Waals surface area contributed by atoms with Crippen LogP contribution in [0.25, 0.3) is 12.2 Å². The fourth-order valence-electron chi connectivity index (χ4n) is 1.20. The van der Waals surface area contributed by atoms with Crippen LogP contribution in [0, 0.1) is 6.92 Å². The van der Waals surface area contributed by atoms with E-state index in [1.807, 2.05) is 49.4 Å². The highest BCUT2D eigenvalue weighted by atomic mass is 16.3. The molecular formula is C12H11NO. The summed E-state index contributed by atoms with van der Waals surface area (Å²) in [6.07, 6.45) is 5.60. The molecule has 0 N–H and O–H groups in total. The van der Waals surface area contributed by atoms with Crippen molar-refractivity contribution in [2.24, 2.45) is 0 Å². The standard InChI is InChI=1S/C12H11NO/c1-10-13-12(9-14-10)8-7-11-5-3-2-4-6-11/h2-9H,1H3. The Bertz CT molecular complexity index is 429. The van der Waals surface area contributed by atoms with Gasteiger partial charge in [-0.3, -0.25) is 0 Å². The Morgan fingerprint density at radius 3 is 2.57 bits per heavy atom. The van der Waals surface area contributed by atoms with Gasteiger partial charge in [0.25, 0.3) is 0 Å². The predicted molar refractivity (Wildman–Crippen MR) is 56.6 cm³/mol. The van der Waals surface area contributed by atoms with Gasteiger partial charge in [-0.25, -0.2) is 4.98 Å². The van der Waals surface area contributed by atoms with Crippen LogP contribution in [0.2, 0.25) is 0 Å². The molecule has 14 heavy (non-hydrogen) atoms. The van der Waals surface area contributed by atoms with Crippen molar-refractivity contribution in [2.75, 3.05) is 0 Å². The molecule has 0 fully saturated rings. The first-order chi connectivity index (χ1) is 6.84. The summed E-state index contributed by atoms with van der Waals surface area (Å²) in [4.78, 5) is 4.17. The predicted octanol–water partition coefficient (Wildman–Crippen LogP) is 3.15. The number of aromatic nitrogens is 1. The van der Waals surface area contributed by atoms with Gasteiger partial charge in [-0.2, -0.15) is 0 Å². The van der Waals surface area contributed by atoms with E-state index in [-0.39, 0.29) is 0 Å². The van der Waals surface area contributed by atoms with E-state index in [0.717, 1.165) is 11.3 Å². The summed E-state index contributed by atoms with van der Waals surface area (Å²) in [6.45, 7) is 1.83. The van der Waals surface area contributed by atoms with E-state index in [1.54, 1.807) is 6.26 Å². The summed E-state index contributed by atoms with van der Waals surface area (Å²) in [5, 5.41) is 0. The number of aryl methyl sites for hydroxylation is 1. The Kier molecular flexibility index (Phi) is 2.45. The molecule has 0 amide bonds. The van der Waals surface area contributed by atoms with Crippen molar-refractivity contribution in [3.05, 3.63) is 53.7 Å². The quantitative estimate of drug-likeness (QED) is 0.718. The number of hydrogen-bond donors (Lipinski definition) is 0. The average Bonchev–Trinajstić information content (AvgIpc) is 2.63. The molecule has 0 saturated heterocycles. The van der Waals surface area contributed by atoms with Crippen LogP contribution in [-0.2, 0) is 0 Å². The molecule has 2 heteroatoms. The molecule has 0 unspecified atom stereocenters. The molecule has 1 heterocycles. The van der Waals surface area contributed by atoms with Gasteiger partial charge in [-0.1, -0.05) is 36.4 Å². The summed E-state index contributed by atoms with van der Waals surface area (Å²) < 4.78 is 5.09. The Morgan fingerprint density at radius 2 is 1.93 bits per heavy atom. The Labute approximate surface area is 82.9 Å². The number of benzene rings is 1.